The molecule has 156 valence electrons. The number of hydrogen-bond acceptors (Lipinski definition) is 6. The van der Waals surface area contributed by atoms with Crippen LogP contribution in [0.25, 0.3) is 10.8 Å². The lowest BCUT2D eigenvalue weighted by atomic mass is 10.1. The molecule has 1 amide bonds. The molecule has 1 N–H and O–H groups in total. The van der Waals surface area contributed by atoms with Crippen molar-refractivity contribution in [3.05, 3.63) is 64.1 Å². The number of carbonyl (C=O) groups is 1. The van der Waals surface area contributed by atoms with Gasteiger partial charge in [0.15, 0.2) is 17.2 Å². The molecule has 8 nitrogen and oxygen atoms in total. The first-order valence-electron chi connectivity index (χ1n) is 9.65. The van der Waals surface area contributed by atoms with E-state index in [0.29, 0.717) is 28.9 Å². The Kier molecular flexibility index (Phi) is 6.79. The number of benzene rings is 2. The van der Waals surface area contributed by atoms with E-state index in [-0.39, 0.29) is 11.3 Å². The van der Waals surface area contributed by atoms with E-state index >= 15 is 0 Å². The van der Waals surface area contributed by atoms with Crippen molar-refractivity contribution in [1.29, 1.82) is 0 Å². The number of hydrogen-bond donors (Lipinski definition) is 1. The molecule has 2 aromatic carbocycles. The van der Waals surface area contributed by atoms with Gasteiger partial charge in [0.2, 0.25) is 0 Å². The van der Waals surface area contributed by atoms with Crippen molar-refractivity contribution in [2.45, 2.75) is 19.8 Å². The van der Waals surface area contributed by atoms with Crippen molar-refractivity contribution >= 4 is 22.9 Å². The van der Waals surface area contributed by atoms with Crippen LogP contribution in [0.2, 0.25) is 0 Å². The summed E-state index contributed by atoms with van der Waals surface area (Å²) in [7, 11) is 3.09. The van der Waals surface area contributed by atoms with Crippen LogP contribution in [-0.2, 0) is 7.05 Å². The van der Waals surface area contributed by atoms with Gasteiger partial charge in [0.1, 0.15) is 0 Å². The fourth-order valence-corrected chi connectivity index (χ4v) is 2.90. The topological polar surface area (TPSA) is 94.8 Å². The lowest BCUT2D eigenvalue weighted by molar-refractivity contribution is 0.0950. The van der Waals surface area contributed by atoms with Crippen LogP contribution in [0.4, 0.5) is 0 Å². The van der Waals surface area contributed by atoms with Crippen LogP contribution >= 0.6 is 0 Å². The Morgan fingerprint density at radius 2 is 1.97 bits per heavy atom. The standard InChI is InChI=1S/C22H24N4O4/c1-4-5-12-30-19-13-15(10-11-18(19)29-3)14-23-24-21(27)20-16-8-6-7-9-17(16)22(28)26(2)25-20/h6-11,13-14H,4-5,12H2,1-3H3,(H,24,27)/b23-14-. The van der Waals surface area contributed by atoms with Crippen molar-refractivity contribution < 1.29 is 14.3 Å². The van der Waals surface area contributed by atoms with Crippen molar-refractivity contribution in [3.63, 3.8) is 0 Å². The summed E-state index contributed by atoms with van der Waals surface area (Å²) < 4.78 is 12.2. The van der Waals surface area contributed by atoms with Crippen LogP contribution in [0.5, 0.6) is 11.5 Å². The smallest absolute Gasteiger partial charge is 0.292 e. The predicted molar refractivity (Wildman–Crippen MR) is 115 cm³/mol. The second-order valence-corrected chi connectivity index (χ2v) is 6.63. The first-order chi connectivity index (χ1) is 14.5. The minimum Gasteiger partial charge on any atom is -0.493 e. The van der Waals surface area contributed by atoms with Gasteiger partial charge in [0, 0.05) is 12.4 Å². The maximum atomic E-state index is 12.6. The largest absolute Gasteiger partial charge is 0.493 e. The van der Waals surface area contributed by atoms with E-state index in [1.54, 1.807) is 49.6 Å². The Labute approximate surface area is 174 Å². The van der Waals surface area contributed by atoms with Crippen LogP contribution in [0.3, 0.4) is 0 Å². The Hall–Kier alpha value is -3.68. The first-order valence-corrected chi connectivity index (χ1v) is 9.65. The molecule has 0 atom stereocenters. The summed E-state index contributed by atoms with van der Waals surface area (Å²) in [6.07, 6.45) is 3.48. The third-order valence-electron chi connectivity index (χ3n) is 4.49. The van der Waals surface area contributed by atoms with Gasteiger partial charge in [-0.25, -0.2) is 10.1 Å². The molecular formula is C22H24N4O4. The van der Waals surface area contributed by atoms with E-state index < -0.39 is 5.91 Å². The van der Waals surface area contributed by atoms with Crippen molar-refractivity contribution in [2.75, 3.05) is 13.7 Å². The summed E-state index contributed by atoms with van der Waals surface area (Å²) >= 11 is 0. The fraction of sp³-hybridized carbons (Fsp3) is 0.273. The summed E-state index contributed by atoms with van der Waals surface area (Å²) in [5.74, 6) is 0.742. The molecule has 0 unspecified atom stereocenters. The normalized spacial score (nSPS) is 11.0. The summed E-state index contributed by atoms with van der Waals surface area (Å²) in [5.41, 5.74) is 3.07. The van der Waals surface area contributed by atoms with Crippen molar-refractivity contribution in [1.82, 2.24) is 15.2 Å². The molecule has 0 fully saturated rings. The minimum atomic E-state index is -0.508. The molecule has 0 saturated heterocycles. The highest BCUT2D eigenvalue weighted by atomic mass is 16.5. The number of aryl methyl sites for hydroxylation is 1. The van der Waals surface area contributed by atoms with Crippen molar-refractivity contribution in [2.24, 2.45) is 12.1 Å². The van der Waals surface area contributed by atoms with Crippen LogP contribution < -0.4 is 20.5 Å². The highest BCUT2D eigenvalue weighted by Gasteiger charge is 2.15. The molecule has 0 bridgehead atoms. The maximum absolute atomic E-state index is 12.6. The van der Waals surface area contributed by atoms with Gasteiger partial charge in [-0.15, -0.1) is 0 Å². The molecule has 3 aromatic rings. The molecule has 8 heteroatoms. The number of hydrazone groups is 1. The number of ether oxygens (including phenoxy) is 2. The monoisotopic (exact) mass is 408 g/mol. The van der Waals surface area contributed by atoms with Gasteiger partial charge in [0.05, 0.1) is 25.3 Å². The number of amides is 1. The molecule has 0 aliphatic carbocycles. The zero-order valence-electron chi connectivity index (χ0n) is 17.2. The van der Waals surface area contributed by atoms with Crippen LogP contribution in [0.1, 0.15) is 35.8 Å². The zero-order chi connectivity index (χ0) is 21.5. The van der Waals surface area contributed by atoms with Gasteiger partial charge in [0.25, 0.3) is 11.5 Å². The predicted octanol–water partition coefficient (Wildman–Crippen LogP) is 2.88. The molecule has 1 aromatic heterocycles. The van der Waals surface area contributed by atoms with Gasteiger partial charge in [-0.3, -0.25) is 9.59 Å². The van der Waals surface area contributed by atoms with Gasteiger partial charge < -0.3 is 9.47 Å². The Morgan fingerprint density at radius 3 is 2.70 bits per heavy atom. The van der Waals surface area contributed by atoms with E-state index in [1.807, 2.05) is 0 Å². The SMILES string of the molecule is CCCCOc1cc(/C=N\NC(=O)c2nn(C)c(=O)c3ccccc23)ccc1OC. The quantitative estimate of drug-likeness (QED) is 0.351. The van der Waals surface area contributed by atoms with Crippen LogP contribution in [-0.4, -0.2) is 35.6 Å². The molecular weight excluding hydrogens is 384 g/mol. The summed E-state index contributed by atoms with van der Waals surface area (Å²) in [4.78, 5) is 24.8. The number of rotatable bonds is 8. The van der Waals surface area contributed by atoms with Crippen LogP contribution in [0, 0.1) is 0 Å². The Balaban J connectivity index is 1.78. The molecule has 0 saturated carbocycles. The number of carbonyl (C=O) groups excluding carboxylic acids is 1. The average Bonchev–Trinajstić information content (AvgIpc) is 2.76. The lowest BCUT2D eigenvalue weighted by Gasteiger charge is -2.11. The lowest BCUT2D eigenvalue weighted by Crippen LogP contribution is -2.27. The number of unbranched alkanes of at least 4 members (excludes halogenated alkanes) is 1. The van der Waals surface area contributed by atoms with Gasteiger partial charge >= 0.3 is 0 Å². The highest BCUT2D eigenvalue weighted by Crippen LogP contribution is 2.27. The molecule has 1 heterocycles. The molecule has 0 aliphatic heterocycles. The second kappa shape index (κ2) is 9.69. The number of nitrogens with zero attached hydrogens (tertiary/aromatic N) is 3. The maximum Gasteiger partial charge on any atom is 0.292 e. The van der Waals surface area contributed by atoms with E-state index in [4.69, 9.17) is 9.47 Å². The minimum absolute atomic E-state index is 0.128. The number of methoxy groups -OCH3 is 1. The Bertz CT molecular complexity index is 1140. The third kappa shape index (κ3) is 4.65. The summed E-state index contributed by atoms with van der Waals surface area (Å²) in [6.45, 7) is 2.69. The second-order valence-electron chi connectivity index (χ2n) is 6.63. The van der Waals surface area contributed by atoms with Gasteiger partial charge in [-0.2, -0.15) is 10.2 Å². The number of aromatic nitrogens is 2. The number of nitrogens with one attached hydrogen (secondary N) is 1. The van der Waals surface area contributed by atoms with Gasteiger partial charge in [-0.1, -0.05) is 31.5 Å². The summed E-state index contributed by atoms with van der Waals surface area (Å²) in [5, 5.41) is 9.01. The third-order valence-corrected chi connectivity index (χ3v) is 4.49. The molecule has 3 rings (SSSR count). The van der Waals surface area contributed by atoms with Gasteiger partial charge in [-0.05, 0) is 36.2 Å². The molecule has 30 heavy (non-hydrogen) atoms. The Morgan fingerprint density at radius 1 is 1.20 bits per heavy atom. The zero-order valence-corrected chi connectivity index (χ0v) is 17.2. The van der Waals surface area contributed by atoms with Crippen LogP contribution in [0.15, 0.2) is 52.4 Å². The summed E-state index contributed by atoms with van der Waals surface area (Å²) in [6, 6.07) is 12.2. The first kappa shape index (κ1) is 21.0. The number of fused-ring (bicyclic) bond motifs is 1. The van der Waals surface area contributed by atoms with Crippen molar-refractivity contribution in [3.8, 4) is 11.5 Å². The average molecular weight is 408 g/mol. The van der Waals surface area contributed by atoms with E-state index in [2.05, 4.69) is 22.5 Å². The molecule has 0 radical (unpaired) electrons. The fourth-order valence-electron chi connectivity index (χ4n) is 2.90. The molecule has 0 spiro atoms. The highest BCUT2D eigenvalue weighted by molar-refractivity contribution is 6.04. The molecule has 0 aliphatic rings. The van der Waals surface area contributed by atoms with E-state index in [1.165, 1.54) is 13.3 Å². The van der Waals surface area contributed by atoms with E-state index in [0.717, 1.165) is 23.1 Å². The van der Waals surface area contributed by atoms with E-state index in [9.17, 15) is 9.59 Å².